The summed E-state index contributed by atoms with van der Waals surface area (Å²) in [5.74, 6) is -0.449. The number of carbonyl (C=O) groups excluding carboxylic acids is 1. The summed E-state index contributed by atoms with van der Waals surface area (Å²) in [6, 6.07) is 22.5. The number of nitrogens with zero attached hydrogens (tertiary/aromatic N) is 1. The van der Waals surface area contributed by atoms with Crippen molar-refractivity contribution in [2.45, 2.75) is 0 Å². The van der Waals surface area contributed by atoms with Crippen LogP contribution in [0.25, 0.3) is 10.9 Å². The van der Waals surface area contributed by atoms with Crippen LogP contribution in [0.1, 0.15) is 21.5 Å². The maximum Gasteiger partial charge on any atom is 0.337 e. The first-order valence-corrected chi connectivity index (χ1v) is 9.46. The van der Waals surface area contributed by atoms with Gasteiger partial charge in [-0.3, -0.25) is 0 Å². The number of esters is 1. The van der Waals surface area contributed by atoms with Gasteiger partial charge in [0.15, 0.2) is 5.88 Å². The number of rotatable bonds is 5. The van der Waals surface area contributed by atoms with Gasteiger partial charge in [0.25, 0.3) is 0 Å². The molecule has 0 fully saturated rings. The molecule has 30 heavy (non-hydrogen) atoms. The Morgan fingerprint density at radius 1 is 1.00 bits per heavy atom. The number of benzene rings is 3. The lowest BCUT2D eigenvalue weighted by molar-refractivity contribution is 0.0601. The summed E-state index contributed by atoms with van der Waals surface area (Å²) < 4.78 is 4.79. The second-order valence-electron chi connectivity index (χ2n) is 6.72. The van der Waals surface area contributed by atoms with Gasteiger partial charge in [0.05, 0.1) is 29.6 Å². The number of aromatic hydroxyl groups is 1. The van der Waals surface area contributed by atoms with Crippen LogP contribution in [0.2, 0.25) is 0 Å². The molecule has 0 aliphatic heterocycles. The van der Waals surface area contributed by atoms with Crippen LogP contribution in [0, 0.1) is 0 Å². The third-order valence-electron chi connectivity index (χ3n) is 4.88. The van der Waals surface area contributed by atoms with Gasteiger partial charge in [0.1, 0.15) is 0 Å². The molecule has 0 aliphatic carbocycles. The van der Waals surface area contributed by atoms with Crippen LogP contribution in [0.4, 0.5) is 11.4 Å². The van der Waals surface area contributed by atoms with Crippen molar-refractivity contribution in [3.8, 4) is 5.88 Å². The number of aliphatic imine (C=N–C) groups is 1. The zero-order valence-corrected chi connectivity index (χ0v) is 16.6. The lowest BCUT2D eigenvalue weighted by Gasteiger charge is -2.08. The molecule has 6 nitrogen and oxygen atoms in total. The molecule has 0 atom stereocenters. The van der Waals surface area contributed by atoms with Gasteiger partial charge in [-0.1, -0.05) is 36.4 Å². The van der Waals surface area contributed by atoms with E-state index < -0.39 is 5.97 Å². The minimum Gasteiger partial charge on any atom is -0.494 e. The zero-order chi connectivity index (χ0) is 21.1. The van der Waals surface area contributed by atoms with Crippen molar-refractivity contribution >= 4 is 34.0 Å². The van der Waals surface area contributed by atoms with Crippen LogP contribution in [0.5, 0.6) is 5.88 Å². The second kappa shape index (κ2) is 8.13. The number of nitrogens with one attached hydrogen (secondary N) is 2. The molecule has 0 saturated heterocycles. The summed E-state index contributed by atoms with van der Waals surface area (Å²) in [7, 11) is 3.20. The van der Waals surface area contributed by atoms with Crippen molar-refractivity contribution in [3.63, 3.8) is 0 Å². The Balaban J connectivity index is 1.91. The largest absolute Gasteiger partial charge is 0.494 e. The Morgan fingerprint density at radius 3 is 2.40 bits per heavy atom. The van der Waals surface area contributed by atoms with Gasteiger partial charge in [-0.25, -0.2) is 9.79 Å². The molecule has 6 heteroatoms. The summed E-state index contributed by atoms with van der Waals surface area (Å²) in [5.41, 5.74) is 4.84. The van der Waals surface area contributed by atoms with Gasteiger partial charge in [-0.15, -0.1) is 0 Å². The van der Waals surface area contributed by atoms with E-state index in [1.54, 1.807) is 18.2 Å². The van der Waals surface area contributed by atoms with E-state index in [2.05, 4.69) is 10.3 Å². The van der Waals surface area contributed by atoms with Crippen LogP contribution < -0.4 is 5.32 Å². The minimum atomic E-state index is -0.436. The third-order valence-corrected chi connectivity index (χ3v) is 4.88. The summed E-state index contributed by atoms with van der Waals surface area (Å²) in [6.07, 6.45) is 0. The van der Waals surface area contributed by atoms with Crippen molar-refractivity contribution in [1.82, 2.24) is 4.98 Å². The summed E-state index contributed by atoms with van der Waals surface area (Å²) in [4.78, 5) is 19.7. The summed E-state index contributed by atoms with van der Waals surface area (Å²) >= 11 is 0. The molecule has 4 rings (SSSR count). The molecule has 0 saturated carbocycles. The average molecular weight is 399 g/mol. The van der Waals surface area contributed by atoms with Gasteiger partial charge in [0, 0.05) is 29.2 Å². The van der Waals surface area contributed by atoms with Gasteiger partial charge in [-0.05, 0) is 36.4 Å². The molecular formula is C24H21N3O3. The van der Waals surface area contributed by atoms with E-state index in [0.29, 0.717) is 22.4 Å². The molecule has 3 aromatic carbocycles. The van der Waals surface area contributed by atoms with E-state index in [4.69, 9.17) is 9.73 Å². The molecule has 0 radical (unpaired) electrons. The predicted molar refractivity (Wildman–Crippen MR) is 119 cm³/mol. The Morgan fingerprint density at radius 2 is 1.73 bits per heavy atom. The molecule has 3 N–H and O–H groups in total. The number of hydrogen-bond donors (Lipinski definition) is 3. The molecule has 0 spiro atoms. The molecule has 0 bridgehead atoms. The number of aromatic nitrogens is 1. The zero-order valence-electron chi connectivity index (χ0n) is 16.6. The molecule has 0 aliphatic rings. The van der Waals surface area contributed by atoms with E-state index in [0.717, 1.165) is 22.3 Å². The maximum atomic E-state index is 11.9. The smallest absolute Gasteiger partial charge is 0.337 e. The fourth-order valence-corrected chi connectivity index (χ4v) is 3.36. The molecule has 150 valence electrons. The van der Waals surface area contributed by atoms with Gasteiger partial charge in [-0.2, -0.15) is 0 Å². The van der Waals surface area contributed by atoms with Gasteiger partial charge in [0.2, 0.25) is 0 Å². The number of anilines is 1. The summed E-state index contributed by atoms with van der Waals surface area (Å²) in [5, 5.41) is 14.6. The number of methoxy groups -OCH3 is 1. The van der Waals surface area contributed by atoms with Gasteiger partial charge >= 0.3 is 5.97 Å². The van der Waals surface area contributed by atoms with E-state index in [9.17, 15) is 9.90 Å². The standard InChI is InChI=1S/C24H21N3O3/c1-25-17-9-11-18(12-10-17)26-22(15-6-4-3-5-7-15)21-19-13-8-16(24(29)30-2)14-20(19)27-23(21)28/h3-14,25,27-28H,1-2H3. The van der Waals surface area contributed by atoms with E-state index in [-0.39, 0.29) is 5.88 Å². The molecular weight excluding hydrogens is 378 g/mol. The second-order valence-corrected chi connectivity index (χ2v) is 6.72. The lowest BCUT2D eigenvalue weighted by atomic mass is 10.00. The highest BCUT2D eigenvalue weighted by Gasteiger charge is 2.19. The highest BCUT2D eigenvalue weighted by Crippen LogP contribution is 2.32. The summed E-state index contributed by atoms with van der Waals surface area (Å²) in [6.45, 7) is 0. The molecule has 1 aromatic heterocycles. The number of fused-ring (bicyclic) bond motifs is 1. The number of ether oxygens (including phenoxy) is 1. The number of hydrogen-bond acceptors (Lipinski definition) is 5. The first-order valence-electron chi connectivity index (χ1n) is 9.46. The monoisotopic (exact) mass is 399 g/mol. The van der Waals surface area contributed by atoms with Crippen molar-refractivity contribution < 1.29 is 14.6 Å². The number of aromatic amines is 1. The van der Waals surface area contributed by atoms with Crippen molar-refractivity contribution in [2.24, 2.45) is 4.99 Å². The molecule has 4 aromatic rings. The van der Waals surface area contributed by atoms with Crippen LogP contribution in [0.15, 0.2) is 77.8 Å². The Bertz CT molecular complexity index is 1230. The Kier molecular flexibility index (Phi) is 5.22. The fourth-order valence-electron chi connectivity index (χ4n) is 3.36. The quantitative estimate of drug-likeness (QED) is 0.330. The first-order chi connectivity index (χ1) is 14.6. The van der Waals surface area contributed by atoms with Crippen molar-refractivity contribution in [3.05, 3.63) is 89.5 Å². The highest BCUT2D eigenvalue weighted by atomic mass is 16.5. The fraction of sp³-hybridized carbons (Fsp3) is 0.0833. The number of carbonyl (C=O) groups is 1. The lowest BCUT2D eigenvalue weighted by Crippen LogP contribution is -2.03. The average Bonchev–Trinajstić information content (AvgIpc) is 3.12. The Hall–Kier alpha value is -4.06. The number of H-pyrrole nitrogens is 1. The van der Waals surface area contributed by atoms with Crippen LogP contribution in [0.3, 0.4) is 0 Å². The molecule has 1 heterocycles. The third kappa shape index (κ3) is 3.63. The molecule has 0 unspecified atom stereocenters. The predicted octanol–water partition coefficient (Wildman–Crippen LogP) is 4.87. The molecule has 0 amide bonds. The van der Waals surface area contributed by atoms with Crippen LogP contribution >= 0.6 is 0 Å². The van der Waals surface area contributed by atoms with Crippen molar-refractivity contribution in [1.29, 1.82) is 0 Å². The van der Waals surface area contributed by atoms with E-state index >= 15 is 0 Å². The SMILES string of the molecule is CNc1ccc(N=C(c2ccccc2)c2c(O)[nH]c3cc(C(=O)OC)ccc23)cc1. The van der Waals surface area contributed by atoms with Gasteiger partial charge < -0.3 is 20.1 Å². The maximum absolute atomic E-state index is 11.9. The first kappa shape index (κ1) is 19.3. The van der Waals surface area contributed by atoms with E-state index in [1.165, 1.54) is 7.11 Å². The normalized spacial score (nSPS) is 11.5. The van der Waals surface area contributed by atoms with Crippen LogP contribution in [-0.2, 0) is 4.74 Å². The Labute approximate surface area is 173 Å². The highest BCUT2D eigenvalue weighted by molar-refractivity contribution is 6.22. The van der Waals surface area contributed by atoms with E-state index in [1.807, 2.05) is 61.6 Å². The van der Waals surface area contributed by atoms with Crippen molar-refractivity contribution in [2.75, 3.05) is 19.5 Å². The van der Waals surface area contributed by atoms with Crippen LogP contribution in [-0.4, -0.2) is 35.9 Å². The topological polar surface area (TPSA) is 86.7 Å². The minimum absolute atomic E-state index is 0.0125.